The zero-order valence-corrected chi connectivity index (χ0v) is 13.8. The summed E-state index contributed by atoms with van der Waals surface area (Å²) < 4.78 is 19.3. The molecule has 0 unspecified atom stereocenters. The fraction of sp³-hybridized carbons (Fsp3) is 0.529. The Bertz CT molecular complexity index is 581. The summed E-state index contributed by atoms with van der Waals surface area (Å²) in [5.74, 6) is -0.513. The molecule has 0 N–H and O–H groups in total. The fourth-order valence-electron chi connectivity index (χ4n) is 2.55. The van der Waals surface area contributed by atoms with Crippen LogP contribution in [0.3, 0.4) is 0 Å². The van der Waals surface area contributed by atoms with Crippen LogP contribution in [0.15, 0.2) is 18.2 Å². The summed E-state index contributed by atoms with van der Waals surface area (Å²) in [6.45, 7) is 7.44. The number of ether oxygens (including phenoxy) is 1. The summed E-state index contributed by atoms with van der Waals surface area (Å²) in [6, 6.07) is 4.27. The lowest BCUT2D eigenvalue weighted by Crippen LogP contribution is -2.50. The van der Waals surface area contributed by atoms with Gasteiger partial charge >= 0.3 is 0 Å². The summed E-state index contributed by atoms with van der Waals surface area (Å²) in [7, 11) is 0. The van der Waals surface area contributed by atoms with Crippen molar-refractivity contribution in [3.63, 3.8) is 0 Å². The van der Waals surface area contributed by atoms with Gasteiger partial charge in [0.1, 0.15) is 0 Å². The van der Waals surface area contributed by atoms with E-state index >= 15 is 0 Å². The van der Waals surface area contributed by atoms with Gasteiger partial charge in [0.2, 0.25) is 5.91 Å². The first kappa shape index (κ1) is 17.2. The molecule has 0 saturated carbocycles. The van der Waals surface area contributed by atoms with Crippen LogP contribution in [0, 0.1) is 5.82 Å². The van der Waals surface area contributed by atoms with E-state index in [0.29, 0.717) is 38.2 Å². The summed E-state index contributed by atoms with van der Waals surface area (Å²) in [6.07, 6.45) is 0.339. The van der Waals surface area contributed by atoms with E-state index in [-0.39, 0.29) is 23.7 Å². The lowest BCUT2D eigenvalue weighted by atomic mass is 10.1. The standard InChI is InChI=1S/C17H23FN2O3/c1-4-16(21)19-7-9-20(10-8-19)17(22)13-5-6-15(14(18)11-13)23-12(2)3/h5-6,11-12H,4,7-10H2,1-3H3. The van der Waals surface area contributed by atoms with Crippen molar-refractivity contribution in [3.05, 3.63) is 29.6 Å². The molecule has 2 amide bonds. The van der Waals surface area contributed by atoms with Crippen LogP contribution in [0.4, 0.5) is 4.39 Å². The molecule has 1 saturated heterocycles. The van der Waals surface area contributed by atoms with E-state index < -0.39 is 5.82 Å². The topological polar surface area (TPSA) is 49.9 Å². The maximum atomic E-state index is 14.0. The predicted molar refractivity (Wildman–Crippen MR) is 84.9 cm³/mol. The predicted octanol–water partition coefficient (Wildman–Crippen LogP) is 2.31. The second kappa shape index (κ2) is 7.44. The van der Waals surface area contributed by atoms with Gasteiger partial charge in [0.15, 0.2) is 11.6 Å². The van der Waals surface area contributed by atoms with Gasteiger partial charge in [-0.05, 0) is 32.0 Å². The lowest BCUT2D eigenvalue weighted by Gasteiger charge is -2.34. The van der Waals surface area contributed by atoms with Crippen LogP contribution in [0.5, 0.6) is 5.75 Å². The highest BCUT2D eigenvalue weighted by Gasteiger charge is 2.24. The molecular weight excluding hydrogens is 299 g/mol. The summed E-state index contributed by atoms with van der Waals surface area (Å²) >= 11 is 0. The Morgan fingerprint density at radius 3 is 2.30 bits per heavy atom. The van der Waals surface area contributed by atoms with Crippen molar-refractivity contribution in [3.8, 4) is 5.75 Å². The van der Waals surface area contributed by atoms with E-state index in [4.69, 9.17) is 4.74 Å². The molecular formula is C17H23FN2O3. The smallest absolute Gasteiger partial charge is 0.254 e. The monoisotopic (exact) mass is 322 g/mol. The van der Waals surface area contributed by atoms with Crippen molar-refractivity contribution in [2.45, 2.75) is 33.3 Å². The van der Waals surface area contributed by atoms with Crippen LogP contribution in [-0.2, 0) is 4.79 Å². The molecule has 5 nitrogen and oxygen atoms in total. The lowest BCUT2D eigenvalue weighted by molar-refractivity contribution is -0.132. The molecule has 0 radical (unpaired) electrons. The van der Waals surface area contributed by atoms with E-state index in [1.54, 1.807) is 15.9 Å². The van der Waals surface area contributed by atoms with E-state index in [1.165, 1.54) is 12.1 Å². The summed E-state index contributed by atoms with van der Waals surface area (Å²) in [4.78, 5) is 27.5. The Labute approximate surface area is 136 Å². The molecule has 0 aromatic heterocycles. The van der Waals surface area contributed by atoms with Crippen LogP contribution in [0.2, 0.25) is 0 Å². The maximum absolute atomic E-state index is 14.0. The van der Waals surface area contributed by atoms with Gasteiger partial charge < -0.3 is 14.5 Å². The number of hydrogen-bond donors (Lipinski definition) is 0. The number of benzene rings is 1. The number of nitrogens with zero attached hydrogens (tertiary/aromatic N) is 2. The fourth-order valence-corrected chi connectivity index (χ4v) is 2.55. The zero-order chi connectivity index (χ0) is 17.0. The molecule has 1 aliphatic heterocycles. The van der Waals surface area contributed by atoms with Gasteiger partial charge in [-0.2, -0.15) is 0 Å². The average molecular weight is 322 g/mol. The number of amides is 2. The van der Waals surface area contributed by atoms with Gasteiger partial charge in [-0.25, -0.2) is 4.39 Å². The van der Waals surface area contributed by atoms with Gasteiger partial charge in [0.05, 0.1) is 6.10 Å². The first-order valence-electron chi connectivity index (χ1n) is 7.95. The van der Waals surface area contributed by atoms with Crippen molar-refractivity contribution in [2.24, 2.45) is 0 Å². The Morgan fingerprint density at radius 1 is 1.17 bits per heavy atom. The van der Waals surface area contributed by atoms with Gasteiger partial charge in [-0.15, -0.1) is 0 Å². The highest BCUT2D eigenvalue weighted by molar-refractivity contribution is 5.94. The minimum Gasteiger partial charge on any atom is -0.488 e. The highest BCUT2D eigenvalue weighted by Crippen LogP contribution is 2.21. The first-order chi connectivity index (χ1) is 10.9. The van der Waals surface area contributed by atoms with Crippen LogP contribution in [-0.4, -0.2) is 53.9 Å². The van der Waals surface area contributed by atoms with Crippen molar-refractivity contribution in [1.82, 2.24) is 9.80 Å². The van der Waals surface area contributed by atoms with E-state index in [9.17, 15) is 14.0 Å². The first-order valence-corrected chi connectivity index (χ1v) is 7.95. The van der Waals surface area contributed by atoms with Crippen molar-refractivity contribution >= 4 is 11.8 Å². The Kier molecular flexibility index (Phi) is 5.58. The number of carbonyl (C=O) groups is 2. The molecule has 0 aliphatic carbocycles. The molecule has 1 aromatic rings. The third-order valence-electron chi connectivity index (χ3n) is 3.76. The molecule has 1 aromatic carbocycles. The van der Waals surface area contributed by atoms with Gasteiger partial charge in [-0.3, -0.25) is 9.59 Å². The largest absolute Gasteiger partial charge is 0.488 e. The van der Waals surface area contributed by atoms with Gasteiger partial charge in [0.25, 0.3) is 5.91 Å². The third kappa shape index (κ3) is 4.21. The molecule has 1 aliphatic rings. The molecule has 6 heteroatoms. The molecule has 0 atom stereocenters. The van der Waals surface area contributed by atoms with Gasteiger partial charge in [0, 0.05) is 38.2 Å². The minimum absolute atomic E-state index is 0.0957. The maximum Gasteiger partial charge on any atom is 0.254 e. The Balaban J connectivity index is 2.01. The molecule has 2 rings (SSSR count). The normalized spacial score (nSPS) is 15.0. The molecule has 23 heavy (non-hydrogen) atoms. The van der Waals surface area contributed by atoms with E-state index in [1.807, 2.05) is 20.8 Å². The second-order valence-corrected chi connectivity index (χ2v) is 5.84. The van der Waals surface area contributed by atoms with Crippen LogP contribution >= 0.6 is 0 Å². The number of halogens is 1. The Morgan fingerprint density at radius 2 is 1.78 bits per heavy atom. The molecule has 126 valence electrons. The SMILES string of the molecule is CCC(=O)N1CCN(C(=O)c2ccc(OC(C)C)c(F)c2)CC1. The average Bonchev–Trinajstić information content (AvgIpc) is 2.55. The highest BCUT2D eigenvalue weighted by atomic mass is 19.1. The molecule has 0 bridgehead atoms. The van der Waals surface area contributed by atoms with E-state index in [0.717, 1.165) is 0 Å². The minimum atomic E-state index is -0.538. The van der Waals surface area contributed by atoms with Crippen molar-refractivity contribution in [1.29, 1.82) is 0 Å². The molecule has 1 fully saturated rings. The van der Waals surface area contributed by atoms with Crippen LogP contribution in [0.1, 0.15) is 37.6 Å². The quantitative estimate of drug-likeness (QED) is 0.855. The Hall–Kier alpha value is -2.11. The number of hydrogen-bond acceptors (Lipinski definition) is 3. The summed E-state index contributed by atoms with van der Waals surface area (Å²) in [5.41, 5.74) is 0.300. The van der Waals surface area contributed by atoms with Crippen LogP contribution in [0.25, 0.3) is 0 Å². The van der Waals surface area contributed by atoms with Gasteiger partial charge in [-0.1, -0.05) is 6.92 Å². The number of piperazine rings is 1. The van der Waals surface area contributed by atoms with Crippen molar-refractivity contribution < 1.29 is 18.7 Å². The number of rotatable bonds is 4. The number of carbonyl (C=O) groups excluding carboxylic acids is 2. The molecule has 1 heterocycles. The second-order valence-electron chi connectivity index (χ2n) is 5.84. The zero-order valence-electron chi connectivity index (χ0n) is 13.8. The van der Waals surface area contributed by atoms with E-state index in [2.05, 4.69) is 0 Å². The summed E-state index contributed by atoms with van der Waals surface area (Å²) in [5, 5.41) is 0. The van der Waals surface area contributed by atoms with Crippen LogP contribution < -0.4 is 4.74 Å². The third-order valence-corrected chi connectivity index (χ3v) is 3.76. The van der Waals surface area contributed by atoms with Crippen molar-refractivity contribution in [2.75, 3.05) is 26.2 Å². The molecule has 0 spiro atoms.